The smallest absolute Gasteiger partial charge is 0.288 e. The van der Waals surface area contributed by atoms with Crippen LogP contribution in [0.15, 0.2) is 18.2 Å². The highest BCUT2D eigenvalue weighted by molar-refractivity contribution is 6.35. The van der Waals surface area contributed by atoms with Gasteiger partial charge in [-0.2, -0.15) is 0 Å². The Hall–Kier alpha value is -1.62. The van der Waals surface area contributed by atoms with Crippen LogP contribution in [0.2, 0.25) is 5.02 Å². The molecule has 6 heteroatoms. The van der Waals surface area contributed by atoms with Gasteiger partial charge in [-0.25, -0.2) is 0 Å². The first kappa shape index (κ1) is 14.3. The van der Waals surface area contributed by atoms with Crippen LogP contribution in [0, 0.1) is 27.9 Å². The van der Waals surface area contributed by atoms with E-state index in [-0.39, 0.29) is 22.2 Å². The summed E-state index contributed by atoms with van der Waals surface area (Å²) in [5, 5.41) is 13.6. The molecule has 2 aliphatic rings. The lowest BCUT2D eigenvalue weighted by Gasteiger charge is -2.21. The number of carbonyl (C=O) groups is 1. The lowest BCUT2D eigenvalue weighted by Crippen LogP contribution is -2.31. The molecule has 0 aliphatic heterocycles. The number of nitro groups is 1. The van der Waals surface area contributed by atoms with Crippen molar-refractivity contribution >= 4 is 23.2 Å². The number of amides is 1. The topological polar surface area (TPSA) is 72.2 Å². The minimum absolute atomic E-state index is 0.0899. The van der Waals surface area contributed by atoms with Crippen molar-refractivity contribution in [3.63, 3.8) is 0 Å². The number of carbonyl (C=O) groups excluding carboxylic acids is 1. The van der Waals surface area contributed by atoms with E-state index in [9.17, 15) is 14.9 Å². The summed E-state index contributed by atoms with van der Waals surface area (Å²) in [6.45, 7) is 0.638. The van der Waals surface area contributed by atoms with Crippen LogP contribution in [0.25, 0.3) is 0 Å². The molecule has 3 unspecified atom stereocenters. The molecule has 2 saturated carbocycles. The van der Waals surface area contributed by atoms with Crippen molar-refractivity contribution in [3.05, 3.63) is 38.9 Å². The normalized spacial score (nSPS) is 26.8. The maximum Gasteiger partial charge on any atom is 0.288 e. The predicted octanol–water partition coefficient (Wildman–Crippen LogP) is 3.41. The molecule has 0 spiro atoms. The van der Waals surface area contributed by atoms with Gasteiger partial charge in [-0.1, -0.05) is 24.1 Å². The largest absolute Gasteiger partial charge is 0.352 e. The third-order valence-corrected chi connectivity index (χ3v) is 5.23. The van der Waals surface area contributed by atoms with Crippen molar-refractivity contribution in [2.75, 3.05) is 6.54 Å². The van der Waals surface area contributed by atoms with E-state index in [1.165, 1.54) is 43.9 Å². The molecule has 3 atom stereocenters. The van der Waals surface area contributed by atoms with Gasteiger partial charge in [0.1, 0.15) is 5.02 Å². The maximum absolute atomic E-state index is 12.2. The Bertz CT molecular complexity index is 590. The van der Waals surface area contributed by atoms with E-state index in [4.69, 9.17) is 11.6 Å². The molecule has 0 aromatic heterocycles. The van der Waals surface area contributed by atoms with E-state index in [0.29, 0.717) is 12.5 Å². The Morgan fingerprint density at radius 2 is 2.19 bits per heavy atom. The molecule has 21 heavy (non-hydrogen) atoms. The standard InChI is InChI=1S/C15H17ClN2O3/c16-14-12(2-1-3-13(14)18(20)21)15(19)17-8-11-7-9-4-5-10(11)6-9/h1-3,9-11H,4-8H2,(H,17,19). The number of nitrogens with one attached hydrogen (secondary N) is 1. The first-order valence-electron chi connectivity index (χ1n) is 7.27. The second-order valence-corrected chi connectivity index (χ2v) is 6.42. The summed E-state index contributed by atoms with van der Waals surface area (Å²) in [6.07, 6.45) is 5.07. The molecule has 0 saturated heterocycles. The molecular weight excluding hydrogens is 292 g/mol. The summed E-state index contributed by atoms with van der Waals surface area (Å²) >= 11 is 5.95. The van der Waals surface area contributed by atoms with E-state index >= 15 is 0 Å². The molecule has 2 fully saturated rings. The van der Waals surface area contributed by atoms with Crippen LogP contribution in [-0.2, 0) is 0 Å². The van der Waals surface area contributed by atoms with Crippen LogP contribution in [0.1, 0.15) is 36.0 Å². The number of rotatable bonds is 4. The average molecular weight is 309 g/mol. The number of hydrogen-bond donors (Lipinski definition) is 1. The minimum atomic E-state index is -0.574. The zero-order valence-electron chi connectivity index (χ0n) is 11.5. The molecule has 0 heterocycles. The molecule has 112 valence electrons. The van der Waals surface area contributed by atoms with Crippen molar-refractivity contribution < 1.29 is 9.72 Å². The Morgan fingerprint density at radius 1 is 1.38 bits per heavy atom. The van der Waals surface area contributed by atoms with Crippen molar-refractivity contribution in [2.45, 2.75) is 25.7 Å². The Balaban J connectivity index is 1.66. The molecule has 1 amide bonds. The monoisotopic (exact) mass is 308 g/mol. The fraction of sp³-hybridized carbons (Fsp3) is 0.533. The number of fused-ring (bicyclic) bond motifs is 2. The van der Waals surface area contributed by atoms with Crippen LogP contribution in [-0.4, -0.2) is 17.4 Å². The third-order valence-electron chi connectivity index (χ3n) is 4.83. The molecule has 5 nitrogen and oxygen atoms in total. The SMILES string of the molecule is O=C(NCC1CC2CCC1C2)c1cccc([N+](=O)[O-])c1Cl. The second kappa shape index (κ2) is 5.64. The Morgan fingerprint density at radius 3 is 2.81 bits per heavy atom. The number of nitrogens with zero attached hydrogens (tertiary/aromatic N) is 1. The van der Waals surface area contributed by atoms with Gasteiger partial charge < -0.3 is 5.32 Å². The zero-order valence-corrected chi connectivity index (χ0v) is 12.3. The van der Waals surface area contributed by atoms with Crippen molar-refractivity contribution in [2.24, 2.45) is 17.8 Å². The highest BCUT2D eigenvalue weighted by atomic mass is 35.5. The molecular formula is C15H17ClN2O3. The van der Waals surface area contributed by atoms with Gasteiger partial charge in [-0.05, 0) is 43.1 Å². The molecule has 2 aliphatic carbocycles. The summed E-state index contributed by atoms with van der Waals surface area (Å²) < 4.78 is 0. The van der Waals surface area contributed by atoms with E-state index < -0.39 is 4.92 Å². The third kappa shape index (κ3) is 2.75. The lowest BCUT2D eigenvalue weighted by atomic mass is 9.89. The summed E-state index contributed by atoms with van der Waals surface area (Å²) in [7, 11) is 0. The van der Waals surface area contributed by atoms with E-state index in [0.717, 1.165) is 11.8 Å². The van der Waals surface area contributed by atoms with Crippen molar-refractivity contribution in [1.29, 1.82) is 0 Å². The van der Waals surface area contributed by atoms with Crippen LogP contribution in [0.3, 0.4) is 0 Å². The number of nitro benzene ring substituents is 1. The summed E-state index contributed by atoms with van der Waals surface area (Å²) in [5.74, 6) is 1.78. The fourth-order valence-electron chi connectivity index (χ4n) is 3.78. The van der Waals surface area contributed by atoms with Gasteiger partial charge >= 0.3 is 0 Å². The highest BCUT2D eigenvalue weighted by Gasteiger charge is 2.39. The second-order valence-electron chi connectivity index (χ2n) is 6.04. The van der Waals surface area contributed by atoms with Gasteiger partial charge in [-0.3, -0.25) is 14.9 Å². The van der Waals surface area contributed by atoms with Gasteiger partial charge in [0.05, 0.1) is 10.5 Å². The molecule has 1 aromatic carbocycles. The molecule has 0 radical (unpaired) electrons. The quantitative estimate of drug-likeness (QED) is 0.684. The van der Waals surface area contributed by atoms with Gasteiger partial charge in [-0.15, -0.1) is 0 Å². The summed E-state index contributed by atoms with van der Waals surface area (Å²) in [6, 6.07) is 4.30. The summed E-state index contributed by atoms with van der Waals surface area (Å²) in [5.41, 5.74) is -0.0572. The molecule has 1 N–H and O–H groups in total. The van der Waals surface area contributed by atoms with Crippen LogP contribution >= 0.6 is 11.6 Å². The lowest BCUT2D eigenvalue weighted by molar-refractivity contribution is -0.384. The van der Waals surface area contributed by atoms with E-state index in [1.54, 1.807) is 0 Å². The highest BCUT2D eigenvalue weighted by Crippen LogP contribution is 2.47. The van der Waals surface area contributed by atoms with Gasteiger partial charge in [0.2, 0.25) is 0 Å². The first-order chi connectivity index (χ1) is 10.1. The number of halogens is 1. The van der Waals surface area contributed by atoms with Crippen LogP contribution in [0.5, 0.6) is 0 Å². The average Bonchev–Trinajstić information content (AvgIpc) is 3.07. The van der Waals surface area contributed by atoms with E-state index in [1.807, 2.05) is 0 Å². The Labute approximate surface area is 127 Å². The predicted molar refractivity (Wildman–Crippen MR) is 79.4 cm³/mol. The minimum Gasteiger partial charge on any atom is -0.352 e. The zero-order chi connectivity index (χ0) is 15.0. The van der Waals surface area contributed by atoms with Gasteiger partial charge in [0.25, 0.3) is 11.6 Å². The maximum atomic E-state index is 12.2. The van der Waals surface area contributed by atoms with Crippen LogP contribution < -0.4 is 5.32 Å². The molecule has 2 bridgehead atoms. The molecule has 1 aromatic rings. The van der Waals surface area contributed by atoms with Gasteiger partial charge in [0, 0.05) is 12.6 Å². The number of hydrogen-bond acceptors (Lipinski definition) is 3. The van der Waals surface area contributed by atoms with Crippen molar-refractivity contribution in [1.82, 2.24) is 5.32 Å². The number of benzene rings is 1. The van der Waals surface area contributed by atoms with E-state index in [2.05, 4.69) is 5.32 Å². The first-order valence-corrected chi connectivity index (χ1v) is 7.65. The fourth-order valence-corrected chi connectivity index (χ4v) is 4.06. The molecule has 3 rings (SSSR count). The van der Waals surface area contributed by atoms with Crippen LogP contribution in [0.4, 0.5) is 5.69 Å². The Kier molecular flexibility index (Phi) is 3.85. The van der Waals surface area contributed by atoms with Crippen molar-refractivity contribution in [3.8, 4) is 0 Å². The van der Waals surface area contributed by atoms with Gasteiger partial charge in [0.15, 0.2) is 0 Å². The summed E-state index contributed by atoms with van der Waals surface area (Å²) in [4.78, 5) is 22.5.